The van der Waals surface area contributed by atoms with Crippen LogP contribution >= 0.6 is 0 Å². The van der Waals surface area contributed by atoms with Crippen molar-refractivity contribution in [2.75, 3.05) is 23.3 Å². The van der Waals surface area contributed by atoms with E-state index in [0.717, 1.165) is 42.5 Å². The monoisotopic (exact) mass is 384 g/mol. The standard InChI is InChI=1S/C23H24N6/c24-14-20(15-25)18-6-8-21(9-7-18)27-22-10-12-26-23(28-22)29-13-11-19(16-29)17-4-2-1-3-5-17/h1-10,12,14-15,19,24H,11,13,16,25H2,(H,26,27,28). The zero-order valence-electron chi connectivity index (χ0n) is 16.1. The van der Waals surface area contributed by atoms with Crippen molar-refractivity contribution in [1.82, 2.24) is 9.97 Å². The number of anilines is 3. The maximum atomic E-state index is 7.39. The molecular weight excluding hydrogens is 360 g/mol. The smallest absolute Gasteiger partial charge is 0.227 e. The number of hydrogen-bond donors (Lipinski definition) is 3. The van der Waals surface area contributed by atoms with Crippen LogP contribution in [0, 0.1) is 5.41 Å². The van der Waals surface area contributed by atoms with E-state index in [1.807, 2.05) is 30.3 Å². The third-order valence-electron chi connectivity index (χ3n) is 5.21. The second kappa shape index (κ2) is 8.56. The summed E-state index contributed by atoms with van der Waals surface area (Å²) < 4.78 is 0. The topological polar surface area (TPSA) is 90.9 Å². The van der Waals surface area contributed by atoms with Crippen LogP contribution in [-0.4, -0.2) is 29.3 Å². The lowest BCUT2D eigenvalue weighted by Crippen LogP contribution is -2.21. The maximum Gasteiger partial charge on any atom is 0.227 e. The van der Waals surface area contributed by atoms with Gasteiger partial charge in [0.15, 0.2) is 0 Å². The number of rotatable bonds is 6. The van der Waals surface area contributed by atoms with Gasteiger partial charge in [-0.15, -0.1) is 0 Å². The number of aromatic nitrogens is 2. The van der Waals surface area contributed by atoms with Gasteiger partial charge in [0.05, 0.1) is 0 Å². The average molecular weight is 384 g/mol. The van der Waals surface area contributed by atoms with Gasteiger partial charge in [-0.25, -0.2) is 4.98 Å². The van der Waals surface area contributed by atoms with Crippen LogP contribution in [-0.2, 0) is 0 Å². The molecule has 0 bridgehead atoms. The molecule has 0 radical (unpaired) electrons. The molecule has 0 saturated carbocycles. The van der Waals surface area contributed by atoms with Gasteiger partial charge in [0, 0.05) is 48.9 Å². The Morgan fingerprint density at radius 1 is 1.10 bits per heavy atom. The van der Waals surface area contributed by atoms with E-state index in [2.05, 4.69) is 45.5 Å². The maximum absolute atomic E-state index is 7.39. The number of benzene rings is 2. The molecule has 29 heavy (non-hydrogen) atoms. The first-order valence-electron chi connectivity index (χ1n) is 9.69. The van der Waals surface area contributed by atoms with Crippen molar-refractivity contribution in [3.8, 4) is 0 Å². The molecule has 4 N–H and O–H groups in total. The minimum Gasteiger partial charge on any atom is -0.404 e. The third-order valence-corrected chi connectivity index (χ3v) is 5.21. The van der Waals surface area contributed by atoms with Gasteiger partial charge in [0.2, 0.25) is 5.95 Å². The van der Waals surface area contributed by atoms with Gasteiger partial charge in [-0.05, 0) is 35.7 Å². The van der Waals surface area contributed by atoms with Crippen molar-refractivity contribution in [1.29, 1.82) is 5.41 Å². The van der Waals surface area contributed by atoms with E-state index in [1.165, 1.54) is 18.0 Å². The zero-order chi connectivity index (χ0) is 20.1. The fourth-order valence-corrected chi connectivity index (χ4v) is 3.63. The van der Waals surface area contributed by atoms with Crippen LogP contribution in [0.3, 0.4) is 0 Å². The van der Waals surface area contributed by atoms with E-state index in [-0.39, 0.29) is 0 Å². The Labute approximate surface area is 170 Å². The van der Waals surface area contributed by atoms with E-state index in [0.29, 0.717) is 11.5 Å². The van der Waals surface area contributed by atoms with E-state index >= 15 is 0 Å². The first-order valence-corrected chi connectivity index (χ1v) is 9.69. The second-order valence-electron chi connectivity index (χ2n) is 7.05. The Hall–Kier alpha value is -3.67. The molecule has 1 aromatic heterocycles. The molecule has 2 heterocycles. The van der Waals surface area contributed by atoms with E-state index < -0.39 is 0 Å². The van der Waals surface area contributed by atoms with Gasteiger partial charge in [0.25, 0.3) is 0 Å². The highest BCUT2D eigenvalue weighted by Crippen LogP contribution is 2.29. The van der Waals surface area contributed by atoms with Crippen molar-refractivity contribution in [3.63, 3.8) is 0 Å². The molecule has 1 aliphatic heterocycles. The number of nitrogens with one attached hydrogen (secondary N) is 2. The molecule has 4 rings (SSSR count). The van der Waals surface area contributed by atoms with E-state index in [1.54, 1.807) is 6.20 Å². The van der Waals surface area contributed by atoms with Gasteiger partial charge < -0.3 is 21.4 Å². The van der Waals surface area contributed by atoms with Crippen LogP contribution in [0.1, 0.15) is 23.5 Å². The minimum atomic E-state index is 0.516. The molecule has 2 aromatic carbocycles. The number of hydrogen-bond acceptors (Lipinski definition) is 6. The summed E-state index contributed by atoms with van der Waals surface area (Å²) in [5, 5.41) is 10.7. The van der Waals surface area contributed by atoms with Crippen molar-refractivity contribution in [2.45, 2.75) is 12.3 Å². The van der Waals surface area contributed by atoms with Crippen LogP contribution in [0.25, 0.3) is 5.57 Å². The second-order valence-corrected chi connectivity index (χ2v) is 7.05. The Balaban J connectivity index is 1.45. The molecule has 1 atom stereocenters. The molecule has 0 aliphatic carbocycles. The molecule has 6 nitrogen and oxygen atoms in total. The Morgan fingerprint density at radius 3 is 2.62 bits per heavy atom. The summed E-state index contributed by atoms with van der Waals surface area (Å²) in [6.07, 6.45) is 5.58. The first kappa shape index (κ1) is 18.7. The van der Waals surface area contributed by atoms with Crippen LogP contribution in [0.4, 0.5) is 17.5 Å². The molecule has 1 saturated heterocycles. The summed E-state index contributed by atoms with van der Waals surface area (Å²) in [5.74, 6) is 2.03. The average Bonchev–Trinajstić information content (AvgIpc) is 3.27. The molecule has 0 spiro atoms. The van der Waals surface area contributed by atoms with Crippen LogP contribution < -0.4 is 16.0 Å². The van der Waals surface area contributed by atoms with Crippen LogP contribution in [0.2, 0.25) is 0 Å². The lowest BCUT2D eigenvalue weighted by Gasteiger charge is -2.17. The predicted molar refractivity (Wildman–Crippen MR) is 119 cm³/mol. The molecular formula is C23H24N6. The number of nitrogens with two attached hydrogens (primary N) is 1. The third kappa shape index (κ3) is 4.27. The Kier molecular flexibility index (Phi) is 5.52. The summed E-state index contributed by atoms with van der Waals surface area (Å²) in [4.78, 5) is 11.4. The molecule has 0 amide bonds. The van der Waals surface area contributed by atoms with Crippen molar-refractivity contribution >= 4 is 29.2 Å². The normalized spacial score (nSPS) is 16.6. The molecule has 1 fully saturated rings. The van der Waals surface area contributed by atoms with Crippen LogP contribution in [0.5, 0.6) is 0 Å². The van der Waals surface area contributed by atoms with Gasteiger partial charge in [0.1, 0.15) is 5.82 Å². The van der Waals surface area contributed by atoms with E-state index in [4.69, 9.17) is 16.1 Å². The summed E-state index contributed by atoms with van der Waals surface area (Å²) in [7, 11) is 0. The quantitative estimate of drug-likeness (QED) is 0.555. The van der Waals surface area contributed by atoms with Gasteiger partial charge in [-0.2, -0.15) is 4.98 Å². The molecule has 6 heteroatoms. The molecule has 3 aromatic rings. The van der Waals surface area contributed by atoms with E-state index in [9.17, 15) is 0 Å². The predicted octanol–water partition coefficient (Wildman–Crippen LogP) is 4.16. The summed E-state index contributed by atoms with van der Waals surface area (Å²) in [5.41, 5.74) is 9.43. The highest BCUT2D eigenvalue weighted by atomic mass is 15.3. The summed E-state index contributed by atoms with van der Waals surface area (Å²) >= 11 is 0. The van der Waals surface area contributed by atoms with Gasteiger partial charge in [-0.3, -0.25) is 0 Å². The highest BCUT2D eigenvalue weighted by molar-refractivity contribution is 6.08. The lowest BCUT2D eigenvalue weighted by atomic mass is 9.99. The minimum absolute atomic E-state index is 0.516. The van der Waals surface area contributed by atoms with Gasteiger partial charge >= 0.3 is 0 Å². The fourth-order valence-electron chi connectivity index (χ4n) is 3.63. The summed E-state index contributed by atoms with van der Waals surface area (Å²) in [6, 6.07) is 20.3. The molecule has 1 unspecified atom stereocenters. The fraction of sp³-hybridized carbons (Fsp3) is 0.174. The summed E-state index contributed by atoms with van der Waals surface area (Å²) in [6.45, 7) is 1.88. The number of allylic oxidation sites excluding steroid dienone is 1. The zero-order valence-corrected chi connectivity index (χ0v) is 16.1. The SMILES string of the molecule is N=CC(=CN)c1ccc(Nc2ccnc(N3CCC(c4ccccc4)C3)n2)cc1. The van der Waals surface area contributed by atoms with Gasteiger partial charge in [-0.1, -0.05) is 42.5 Å². The number of nitrogens with zero attached hydrogens (tertiary/aromatic N) is 3. The van der Waals surface area contributed by atoms with Crippen molar-refractivity contribution < 1.29 is 0 Å². The Bertz CT molecular complexity index is 997. The lowest BCUT2D eigenvalue weighted by molar-refractivity contribution is 0.773. The molecule has 146 valence electrons. The van der Waals surface area contributed by atoms with Crippen molar-refractivity contribution in [2.24, 2.45) is 5.73 Å². The first-order chi connectivity index (χ1) is 14.3. The Morgan fingerprint density at radius 2 is 1.90 bits per heavy atom. The van der Waals surface area contributed by atoms with Crippen molar-refractivity contribution in [3.05, 3.63) is 84.2 Å². The largest absolute Gasteiger partial charge is 0.404 e. The highest BCUT2D eigenvalue weighted by Gasteiger charge is 2.25. The van der Waals surface area contributed by atoms with Crippen LogP contribution in [0.15, 0.2) is 73.1 Å². The molecule has 1 aliphatic rings.